The molecule has 4 nitrogen and oxygen atoms in total. The lowest BCUT2D eigenvalue weighted by Gasteiger charge is -2.26. The number of ether oxygens (including phenoxy) is 1. The minimum atomic E-state index is -0.177. The molecule has 0 radical (unpaired) electrons. The maximum Gasteiger partial charge on any atom is 0.305 e. The highest BCUT2D eigenvalue weighted by molar-refractivity contribution is 7.13. The minimum absolute atomic E-state index is 0.177. The summed E-state index contributed by atoms with van der Waals surface area (Å²) in [6, 6.07) is 0. The van der Waals surface area contributed by atoms with Crippen LogP contribution in [0.15, 0.2) is 5.38 Å². The Hall–Kier alpha value is -1.10. The first-order chi connectivity index (χ1) is 10.2. The van der Waals surface area contributed by atoms with Gasteiger partial charge in [-0.1, -0.05) is 26.2 Å². The molecule has 2 unspecified atom stereocenters. The molecule has 2 atom stereocenters. The monoisotopic (exact) mass is 310 g/mol. The second-order valence-electron chi connectivity index (χ2n) is 6.07. The Bertz CT molecular complexity index is 447. The molecule has 2 rings (SSSR count). The van der Waals surface area contributed by atoms with E-state index in [1.54, 1.807) is 11.3 Å². The van der Waals surface area contributed by atoms with E-state index in [2.05, 4.69) is 22.0 Å². The van der Waals surface area contributed by atoms with E-state index >= 15 is 0 Å². The molecule has 0 amide bonds. The van der Waals surface area contributed by atoms with Gasteiger partial charge in [-0.25, -0.2) is 4.98 Å². The lowest BCUT2D eigenvalue weighted by Crippen LogP contribution is -2.16. The van der Waals surface area contributed by atoms with Gasteiger partial charge >= 0.3 is 5.97 Å². The van der Waals surface area contributed by atoms with Crippen molar-refractivity contribution in [2.75, 3.05) is 19.0 Å². The molecule has 0 spiro atoms. The summed E-state index contributed by atoms with van der Waals surface area (Å²) in [5, 5.41) is 6.41. The highest BCUT2D eigenvalue weighted by Gasteiger charge is 2.18. The van der Waals surface area contributed by atoms with Gasteiger partial charge in [-0.15, -0.1) is 11.3 Å². The number of carbonyl (C=O) groups excluding carboxylic acids is 1. The van der Waals surface area contributed by atoms with Crippen molar-refractivity contribution in [3.8, 4) is 0 Å². The zero-order chi connectivity index (χ0) is 15.1. The summed E-state index contributed by atoms with van der Waals surface area (Å²) < 4.78 is 4.64. The Kier molecular flexibility index (Phi) is 6.49. The predicted octanol–water partition coefficient (Wildman–Crippen LogP) is 3.88. The van der Waals surface area contributed by atoms with E-state index in [1.165, 1.54) is 39.2 Å². The molecule has 1 fully saturated rings. The van der Waals surface area contributed by atoms with E-state index in [0.29, 0.717) is 12.8 Å². The van der Waals surface area contributed by atoms with Gasteiger partial charge in [0.2, 0.25) is 0 Å². The van der Waals surface area contributed by atoms with Gasteiger partial charge in [0, 0.05) is 18.3 Å². The number of rotatable bonds is 7. The molecule has 118 valence electrons. The Morgan fingerprint density at radius 1 is 1.52 bits per heavy atom. The van der Waals surface area contributed by atoms with Gasteiger partial charge in [-0.05, 0) is 24.7 Å². The Morgan fingerprint density at radius 2 is 2.38 bits per heavy atom. The van der Waals surface area contributed by atoms with Gasteiger partial charge in [-0.2, -0.15) is 0 Å². The molecule has 0 aliphatic heterocycles. The van der Waals surface area contributed by atoms with Crippen molar-refractivity contribution >= 4 is 22.4 Å². The average molecular weight is 310 g/mol. The van der Waals surface area contributed by atoms with Gasteiger partial charge in [0.05, 0.1) is 19.2 Å². The summed E-state index contributed by atoms with van der Waals surface area (Å²) in [6.07, 6.45) is 7.85. The summed E-state index contributed by atoms with van der Waals surface area (Å²) >= 11 is 1.62. The highest BCUT2D eigenvalue weighted by Crippen LogP contribution is 2.30. The molecular formula is C16H26N2O2S. The number of methoxy groups -OCH3 is 1. The van der Waals surface area contributed by atoms with E-state index < -0.39 is 0 Å². The SMILES string of the molecule is COC(=O)CCc1csc(NCCC2CCCC(C)C2)n1. The molecule has 1 N–H and O–H groups in total. The number of thiazole rings is 1. The van der Waals surface area contributed by atoms with Crippen LogP contribution in [0.3, 0.4) is 0 Å². The second-order valence-corrected chi connectivity index (χ2v) is 6.93. The standard InChI is InChI=1S/C16H26N2O2S/c1-12-4-3-5-13(10-12)8-9-17-16-18-14(11-21-16)6-7-15(19)20-2/h11-13H,3-10H2,1-2H3,(H,17,18). The highest BCUT2D eigenvalue weighted by atomic mass is 32.1. The number of aromatic nitrogens is 1. The van der Waals surface area contributed by atoms with Gasteiger partial charge in [-0.3, -0.25) is 4.79 Å². The third-order valence-electron chi connectivity index (χ3n) is 4.24. The Balaban J connectivity index is 1.66. The van der Waals surface area contributed by atoms with Crippen molar-refractivity contribution in [1.29, 1.82) is 0 Å². The third kappa shape index (κ3) is 5.65. The summed E-state index contributed by atoms with van der Waals surface area (Å²) in [6.45, 7) is 3.37. The maximum absolute atomic E-state index is 11.1. The molecule has 1 saturated carbocycles. The summed E-state index contributed by atoms with van der Waals surface area (Å²) in [7, 11) is 1.42. The smallest absolute Gasteiger partial charge is 0.305 e. The second kappa shape index (κ2) is 8.37. The molecule has 0 saturated heterocycles. The van der Waals surface area contributed by atoms with E-state index in [4.69, 9.17) is 0 Å². The van der Waals surface area contributed by atoms with Crippen LogP contribution in [0.2, 0.25) is 0 Å². The number of hydrogen-bond donors (Lipinski definition) is 1. The van der Waals surface area contributed by atoms with E-state index in [1.807, 2.05) is 5.38 Å². The van der Waals surface area contributed by atoms with Crippen LogP contribution in [0.1, 0.15) is 51.1 Å². The predicted molar refractivity (Wildman–Crippen MR) is 86.7 cm³/mol. The van der Waals surface area contributed by atoms with Crippen molar-refractivity contribution in [2.45, 2.75) is 51.9 Å². The van der Waals surface area contributed by atoms with Crippen LogP contribution in [-0.2, 0) is 16.0 Å². The first-order valence-electron chi connectivity index (χ1n) is 7.92. The van der Waals surface area contributed by atoms with Crippen LogP contribution in [-0.4, -0.2) is 24.6 Å². The van der Waals surface area contributed by atoms with Crippen LogP contribution in [0.25, 0.3) is 0 Å². The van der Waals surface area contributed by atoms with Gasteiger partial charge in [0.25, 0.3) is 0 Å². The van der Waals surface area contributed by atoms with Gasteiger partial charge in [0.15, 0.2) is 5.13 Å². The summed E-state index contributed by atoms with van der Waals surface area (Å²) in [5.74, 6) is 1.59. The number of anilines is 1. The third-order valence-corrected chi connectivity index (χ3v) is 5.09. The van der Waals surface area contributed by atoms with Crippen molar-refractivity contribution < 1.29 is 9.53 Å². The van der Waals surface area contributed by atoms with Crippen LogP contribution in [0.5, 0.6) is 0 Å². The van der Waals surface area contributed by atoms with Crippen molar-refractivity contribution in [3.63, 3.8) is 0 Å². The van der Waals surface area contributed by atoms with Crippen LogP contribution >= 0.6 is 11.3 Å². The minimum Gasteiger partial charge on any atom is -0.469 e. The van der Waals surface area contributed by atoms with E-state index in [0.717, 1.165) is 29.2 Å². The molecule has 0 aromatic carbocycles. The van der Waals surface area contributed by atoms with Crippen molar-refractivity contribution in [1.82, 2.24) is 4.98 Å². The van der Waals surface area contributed by atoms with Crippen LogP contribution in [0.4, 0.5) is 5.13 Å². The van der Waals surface area contributed by atoms with Gasteiger partial charge in [0.1, 0.15) is 0 Å². The number of carbonyl (C=O) groups is 1. The molecule has 1 heterocycles. The molecule has 1 aliphatic carbocycles. The lowest BCUT2D eigenvalue weighted by atomic mass is 9.81. The first kappa shape index (κ1) is 16.3. The zero-order valence-corrected chi connectivity index (χ0v) is 13.9. The van der Waals surface area contributed by atoms with Crippen LogP contribution in [0, 0.1) is 11.8 Å². The molecule has 1 aromatic heterocycles. The summed E-state index contributed by atoms with van der Waals surface area (Å²) in [5.41, 5.74) is 0.971. The first-order valence-corrected chi connectivity index (χ1v) is 8.80. The quantitative estimate of drug-likeness (QED) is 0.777. The summed E-state index contributed by atoms with van der Waals surface area (Å²) in [4.78, 5) is 15.6. The molecule has 1 aromatic rings. The van der Waals surface area contributed by atoms with Crippen LogP contribution < -0.4 is 5.32 Å². The average Bonchev–Trinajstić information content (AvgIpc) is 2.93. The molecule has 21 heavy (non-hydrogen) atoms. The number of hydrogen-bond acceptors (Lipinski definition) is 5. The Morgan fingerprint density at radius 3 is 3.14 bits per heavy atom. The largest absolute Gasteiger partial charge is 0.469 e. The molecular weight excluding hydrogens is 284 g/mol. The topological polar surface area (TPSA) is 51.2 Å². The van der Waals surface area contributed by atoms with Crippen molar-refractivity contribution in [2.24, 2.45) is 11.8 Å². The zero-order valence-electron chi connectivity index (χ0n) is 13.1. The number of aryl methyl sites for hydroxylation is 1. The molecule has 5 heteroatoms. The van der Waals surface area contributed by atoms with Crippen molar-refractivity contribution in [3.05, 3.63) is 11.1 Å². The fourth-order valence-electron chi connectivity index (χ4n) is 3.04. The van der Waals surface area contributed by atoms with E-state index in [-0.39, 0.29) is 5.97 Å². The molecule has 0 bridgehead atoms. The molecule has 1 aliphatic rings. The lowest BCUT2D eigenvalue weighted by molar-refractivity contribution is -0.140. The number of nitrogens with zero attached hydrogens (tertiary/aromatic N) is 1. The number of esters is 1. The van der Waals surface area contributed by atoms with Gasteiger partial charge < -0.3 is 10.1 Å². The Labute approximate surface area is 131 Å². The fraction of sp³-hybridized carbons (Fsp3) is 0.750. The van der Waals surface area contributed by atoms with E-state index in [9.17, 15) is 4.79 Å². The normalized spacial score (nSPS) is 22.0. The number of nitrogens with one attached hydrogen (secondary N) is 1. The fourth-order valence-corrected chi connectivity index (χ4v) is 3.81. The maximum atomic E-state index is 11.1.